The molecule has 1 amide bonds. The summed E-state index contributed by atoms with van der Waals surface area (Å²) in [5, 5.41) is 6.00. The van der Waals surface area contributed by atoms with Crippen LogP contribution in [0.4, 0.5) is 28.4 Å². The van der Waals surface area contributed by atoms with Gasteiger partial charge in [-0.25, -0.2) is 0 Å². The van der Waals surface area contributed by atoms with Crippen LogP contribution >= 0.6 is 0 Å². The molecule has 1 aliphatic carbocycles. The second-order valence-electron chi connectivity index (χ2n) is 7.94. The predicted molar refractivity (Wildman–Crippen MR) is 133 cm³/mol. The van der Waals surface area contributed by atoms with Gasteiger partial charge in [-0.15, -0.1) is 0 Å². The second-order valence-corrected chi connectivity index (χ2v) is 7.94. The lowest BCUT2D eigenvalue weighted by atomic mass is 9.82. The molecule has 0 aromatic heterocycles. The standard InChI is InChI=1S/C27H20N4O3/c28-15-5-9-17(10-6-15)30-24-22(27(34)31-18-11-7-16(29)8-12-18)14-13-21-23(24)26(33)20-4-2-1-3-19(20)25(21)32/h1-14,30H,28-29H2,(H,31,34). The van der Waals surface area contributed by atoms with E-state index in [2.05, 4.69) is 10.6 Å². The molecule has 5 rings (SSSR count). The Hall–Kier alpha value is -4.91. The van der Waals surface area contributed by atoms with Crippen molar-refractivity contribution >= 4 is 45.9 Å². The third-order valence-corrected chi connectivity index (χ3v) is 5.69. The first-order chi connectivity index (χ1) is 16.4. The summed E-state index contributed by atoms with van der Waals surface area (Å²) >= 11 is 0. The molecule has 7 nitrogen and oxygen atoms in total. The first-order valence-electron chi connectivity index (χ1n) is 10.6. The van der Waals surface area contributed by atoms with E-state index >= 15 is 0 Å². The normalized spacial score (nSPS) is 12.0. The molecular formula is C27H20N4O3. The number of hydrogen-bond donors (Lipinski definition) is 4. The van der Waals surface area contributed by atoms with Gasteiger partial charge >= 0.3 is 0 Å². The summed E-state index contributed by atoms with van der Waals surface area (Å²) in [6, 6.07) is 23.3. The number of fused-ring (bicyclic) bond motifs is 2. The van der Waals surface area contributed by atoms with Gasteiger partial charge in [0.1, 0.15) is 0 Å². The van der Waals surface area contributed by atoms with Crippen molar-refractivity contribution in [2.45, 2.75) is 0 Å². The van der Waals surface area contributed by atoms with Crippen LogP contribution in [-0.4, -0.2) is 17.5 Å². The average molecular weight is 448 g/mol. The fourth-order valence-electron chi connectivity index (χ4n) is 3.98. The van der Waals surface area contributed by atoms with Gasteiger partial charge in [-0.3, -0.25) is 14.4 Å². The molecule has 6 N–H and O–H groups in total. The van der Waals surface area contributed by atoms with Gasteiger partial charge in [0.05, 0.1) is 16.8 Å². The quantitative estimate of drug-likeness (QED) is 0.297. The first-order valence-corrected chi connectivity index (χ1v) is 10.6. The lowest BCUT2D eigenvalue weighted by molar-refractivity contribution is 0.0978. The van der Waals surface area contributed by atoms with Crippen LogP contribution in [-0.2, 0) is 0 Å². The van der Waals surface area contributed by atoms with Crippen molar-refractivity contribution in [3.05, 3.63) is 113 Å². The van der Waals surface area contributed by atoms with Crippen LogP contribution < -0.4 is 22.1 Å². The molecule has 0 atom stereocenters. The van der Waals surface area contributed by atoms with E-state index in [1.54, 1.807) is 78.9 Å². The minimum atomic E-state index is -0.440. The summed E-state index contributed by atoms with van der Waals surface area (Å²) in [5.74, 6) is -1.04. The number of benzene rings is 4. The highest BCUT2D eigenvalue weighted by atomic mass is 16.2. The number of carbonyl (C=O) groups excluding carboxylic acids is 3. The highest BCUT2D eigenvalue weighted by Gasteiger charge is 2.33. The third-order valence-electron chi connectivity index (χ3n) is 5.69. The molecule has 1 aliphatic rings. The van der Waals surface area contributed by atoms with Crippen molar-refractivity contribution in [2.24, 2.45) is 0 Å². The molecule has 0 saturated heterocycles. The maximum absolute atomic E-state index is 13.5. The maximum Gasteiger partial charge on any atom is 0.257 e. The summed E-state index contributed by atoms with van der Waals surface area (Å²) in [5.41, 5.74) is 15.3. The Morgan fingerprint density at radius 2 is 1.18 bits per heavy atom. The number of anilines is 5. The Morgan fingerprint density at radius 3 is 1.79 bits per heavy atom. The summed E-state index contributed by atoms with van der Waals surface area (Å²) in [6.45, 7) is 0. The molecule has 0 bridgehead atoms. The van der Waals surface area contributed by atoms with Crippen LogP contribution in [0.2, 0.25) is 0 Å². The molecule has 34 heavy (non-hydrogen) atoms. The van der Waals surface area contributed by atoms with Crippen LogP contribution in [0.3, 0.4) is 0 Å². The summed E-state index contributed by atoms with van der Waals surface area (Å²) in [7, 11) is 0. The van der Waals surface area contributed by atoms with Gasteiger partial charge in [0, 0.05) is 39.4 Å². The number of amides is 1. The fourth-order valence-corrected chi connectivity index (χ4v) is 3.98. The van der Waals surface area contributed by atoms with Crippen molar-refractivity contribution in [3.8, 4) is 0 Å². The van der Waals surface area contributed by atoms with Crippen molar-refractivity contribution in [1.29, 1.82) is 0 Å². The number of carbonyl (C=O) groups is 3. The average Bonchev–Trinajstić information content (AvgIpc) is 2.85. The van der Waals surface area contributed by atoms with E-state index < -0.39 is 5.91 Å². The van der Waals surface area contributed by atoms with Crippen molar-refractivity contribution in [2.75, 3.05) is 22.1 Å². The lowest BCUT2D eigenvalue weighted by Crippen LogP contribution is -2.24. The van der Waals surface area contributed by atoms with E-state index in [0.29, 0.717) is 33.9 Å². The zero-order valence-electron chi connectivity index (χ0n) is 18.0. The highest BCUT2D eigenvalue weighted by Crippen LogP contribution is 2.36. The van der Waals surface area contributed by atoms with Crippen LogP contribution in [0.15, 0.2) is 84.9 Å². The van der Waals surface area contributed by atoms with Gasteiger partial charge in [-0.2, -0.15) is 0 Å². The number of ketones is 2. The lowest BCUT2D eigenvalue weighted by Gasteiger charge is -2.23. The van der Waals surface area contributed by atoms with Crippen LogP contribution in [0.5, 0.6) is 0 Å². The first kappa shape index (κ1) is 21.0. The smallest absolute Gasteiger partial charge is 0.257 e. The Bertz CT molecular complexity index is 1460. The van der Waals surface area contributed by atoms with Crippen molar-refractivity contribution < 1.29 is 14.4 Å². The molecule has 0 aliphatic heterocycles. The highest BCUT2D eigenvalue weighted by molar-refractivity contribution is 6.31. The third kappa shape index (κ3) is 3.65. The van der Waals surface area contributed by atoms with Gasteiger partial charge in [0.2, 0.25) is 0 Å². The molecule has 0 radical (unpaired) electrons. The van der Waals surface area contributed by atoms with E-state index in [1.807, 2.05) is 0 Å². The van der Waals surface area contributed by atoms with Gasteiger partial charge in [-0.05, 0) is 60.7 Å². The summed E-state index contributed by atoms with van der Waals surface area (Å²) in [6.07, 6.45) is 0. The number of rotatable bonds is 4. The van der Waals surface area contributed by atoms with Crippen LogP contribution in [0.25, 0.3) is 0 Å². The fraction of sp³-hybridized carbons (Fsp3) is 0. The largest absolute Gasteiger partial charge is 0.399 e. The van der Waals surface area contributed by atoms with E-state index in [-0.39, 0.29) is 33.9 Å². The molecular weight excluding hydrogens is 428 g/mol. The number of nitrogens with two attached hydrogens (primary N) is 2. The van der Waals surface area contributed by atoms with E-state index in [9.17, 15) is 14.4 Å². The zero-order chi connectivity index (χ0) is 23.8. The van der Waals surface area contributed by atoms with E-state index in [1.165, 1.54) is 6.07 Å². The molecule has 0 saturated carbocycles. The molecule has 4 aromatic carbocycles. The van der Waals surface area contributed by atoms with Gasteiger partial charge in [0.25, 0.3) is 5.91 Å². The molecule has 4 aromatic rings. The molecule has 0 unspecified atom stereocenters. The van der Waals surface area contributed by atoms with Gasteiger partial charge < -0.3 is 22.1 Å². The topological polar surface area (TPSA) is 127 Å². The molecule has 7 heteroatoms. The molecule has 166 valence electrons. The zero-order valence-corrected chi connectivity index (χ0v) is 18.0. The summed E-state index contributed by atoms with van der Waals surface area (Å²) < 4.78 is 0. The number of nitrogens with one attached hydrogen (secondary N) is 2. The number of hydrogen-bond acceptors (Lipinski definition) is 6. The monoisotopic (exact) mass is 448 g/mol. The number of nitrogen functional groups attached to an aromatic ring is 2. The van der Waals surface area contributed by atoms with Gasteiger partial charge in [-0.1, -0.05) is 24.3 Å². The molecule has 0 fully saturated rings. The minimum Gasteiger partial charge on any atom is -0.399 e. The van der Waals surface area contributed by atoms with Crippen molar-refractivity contribution in [1.82, 2.24) is 0 Å². The molecule has 0 heterocycles. The maximum atomic E-state index is 13.5. The predicted octanol–water partition coefficient (Wildman–Crippen LogP) is 4.62. The minimum absolute atomic E-state index is 0.158. The SMILES string of the molecule is Nc1ccc(NC(=O)c2ccc3c(c2Nc2ccc(N)cc2)C(=O)c2ccccc2C3=O)cc1. The van der Waals surface area contributed by atoms with Crippen LogP contribution in [0, 0.1) is 0 Å². The van der Waals surface area contributed by atoms with E-state index in [4.69, 9.17) is 11.5 Å². The summed E-state index contributed by atoms with van der Waals surface area (Å²) in [4.78, 5) is 40.0. The van der Waals surface area contributed by atoms with Crippen molar-refractivity contribution in [3.63, 3.8) is 0 Å². The Labute approximate surface area is 195 Å². The second kappa shape index (κ2) is 8.22. The Balaban J connectivity index is 1.65. The Kier molecular flexibility index (Phi) is 5.07. The van der Waals surface area contributed by atoms with E-state index in [0.717, 1.165) is 0 Å². The van der Waals surface area contributed by atoms with Crippen LogP contribution in [0.1, 0.15) is 42.2 Å². The molecule has 0 spiro atoms. The van der Waals surface area contributed by atoms with Gasteiger partial charge in [0.15, 0.2) is 11.6 Å². The Morgan fingerprint density at radius 1 is 0.618 bits per heavy atom.